The van der Waals surface area contributed by atoms with Crippen molar-refractivity contribution in [1.82, 2.24) is 14.8 Å². The van der Waals surface area contributed by atoms with Crippen molar-refractivity contribution in [3.05, 3.63) is 71.2 Å². The van der Waals surface area contributed by atoms with Crippen molar-refractivity contribution in [2.24, 2.45) is 0 Å². The van der Waals surface area contributed by atoms with Crippen LogP contribution in [0.5, 0.6) is 0 Å². The molecule has 0 bridgehead atoms. The SMILES string of the molecule is Cc1ccc(C2=C(N3CC(C)OC(C)C3)C(=O)N(Cc3cccnc3)C2=O)cc1. The first-order valence-corrected chi connectivity index (χ1v) is 9.91. The number of hydrogen-bond acceptors (Lipinski definition) is 5. The molecule has 6 nitrogen and oxygen atoms in total. The minimum absolute atomic E-state index is 0.0132. The van der Waals surface area contributed by atoms with Gasteiger partial charge in [-0.05, 0) is 38.0 Å². The normalized spacial score (nSPS) is 22.6. The third-order valence-electron chi connectivity index (χ3n) is 5.28. The summed E-state index contributed by atoms with van der Waals surface area (Å²) in [6.45, 7) is 7.34. The van der Waals surface area contributed by atoms with Gasteiger partial charge in [-0.1, -0.05) is 35.9 Å². The summed E-state index contributed by atoms with van der Waals surface area (Å²) in [4.78, 5) is 34.3. The third kappa shape index (κ3) is 3.80. The molecule has 0 radical (unpaired) electrons. The predicted molar refractivity (Wildman–Crippen MR) is 109 cm³/mol. The Kier molecular flexibility index (Phi) is 5.20. The van der Waals surface area contributed by atoms with Gasteiger partial charge in [0.1, 0.15) is 5.70 Å². The minimum Gasteiger partial charge on any atom is -0.372 e. The lowest BCUT2D eigenvalue weighted by Crippen LogP contribution is -2.46. The number of nitrogens with zero attached hydrogens (tertiary/aromatic N) is 3. The summed E-state index contributed by atoms with van der Waals surface area (Å²) >= 11 is 0. The highest BCUT2D eigenvalue weighted by Gasteiger charge is 2.43. The summed E-state index contributed by atoms with van der Waals surface area (Å²) in [6.07, 6.45) is 3.33. The number of amides is 2. The van der Waals surface area contributed by atoms with Gasteiger partial charge in [-0.3, -0.25) is 19.5 Å². The molecular formula is C23H25N3O3. The number of morpholine rings is 1. The summed E-state index contributed by atoms with van der Waals surface area (Å²) in [5, 5.41) is 0. The molecule has 2 aliphatic rings. The fraction of sp³-hybridized carbons (Fsp3) is 0.348. The lowest BCUT2D eigenvalue weighted by Gasteiger charge is -2.37. The van der Waals surface area contributed by atoms with E-state index in [2.05, 4.69) is 4.98 Å². The van der Waals surface area contributed by atoms with Gasteiger partial charge in [0, 0.05) is 25.5 Å². The number of pyridine rings is 1. The van der Waals surface area contributed by atoms with E-state index in [1.165, 1.54) is 4.90 Å². The van der Waals surface area contributed by atoms with Crippen molar-refractivity contribution in [3.8, 4) is 0 Å². The highest BCUT2D eigenvalue weighted by Crippen LogP contribution is 2.34. The Labute approximate surface area is 170 Å². The van der Waals surface area contributed by atoms with Gasteiger partial charge < -0.3 is 9.64 Å². The van der Waals surface area contributed by atoms with E-state index in [4.69, 9.17) is 4.74 Å². The number of carbonyl (C=O) groups excluding carboxylic acids is 2. The van der Waals surface area contributed by atoms with Crippen LogP contribution in [0.25, 0.3) is 5.57 Å². The van der Waals surface area contributed by atoms with Crippen LogP contribution in [0.4, 0.5) is 0 Å². The van der Waals surface area contributed by atoms with E-state index < -0.39 is 0 Å². The topological polar surface area (TPSA) is 62.7 Å². The lowest BCUT2D eigenvalue weighted by molar-refractivity contribution is -0.139. The van der Waals surface area contributed by atoms with E-state index >= 15 is 0 Å². The fourth-order valence-electron chi connectivity index (χ4n) is 4.02. The second-order valence-electron chi connectivity index (χ2n) is 7.81. The maximum atomic E-state index is 13.4. The molecule has 0 N–H and O–H groups in total. The summed E-state index contributed by atoms with van der Waals surface area (Å²) in [6, 6.07) is 11.4. The summed E-state index contributed by atoms with van der Waals surface area (Å²) in [5.41, 5.74) is 3.64. The predicted octanol–water partition coefficient (Wildman–Crippen LogP) is 2.78. The van der Waals surface area contributed by atoms with Crippen molar-refractivity contribution in [2.75, 3.05) is 13.1 Å². The first kappa shape index (κ1) is 19.3. The maximum absolute atomic E-state index is 13.4. The Morgan fingerprint density at radius 2 is 1.72 bits per heavy atom. The highest BCUT2D eigenvalue weighted by molar-refractivity contribution is 6.35. The fourth-order valence-corrected chi connectivity index (χ4v) is 4.02. The Morgan fingerprint density at radius 1 is 1.03 bits per heavy atom. The average Bonchev–Trinajstić information content (AvgIpc) is 2.93. The quantitative estimate of drug-likeness (QED) is 0.750. The van der Waals surface area contributed by atoms with Crippen molar-refractivity contribution in [2.45, 2.75) is 39.5 Å². The zero-order chi connectivity index (χ0) is 20.5. The molecule has 3 heterocycles. The molecule has 1 fully saturated rings. The van der Waals surface area contributed by atoms with Crippen LogP contribution in [0.1, 0.15) is 30.5 Å². The number of rotatable bonds is 4. The molecule has 0 spiro atoms. The number of carbonyl (C=O) groups is 2. The maximum Gasteiger partial charge on any atom is 0.278 e. The van der Waals surface area contributed by atoms with Crippen LogP contribution in [-0.2, 0) is 20.9 Å². The van der Waals surface area contributed by atoms with Crippen molar-refractivity contribution < 1.29 is 14.3 Å². The van der Waals surface area contributed by atoms with Gasteiger partial charge in [0.2, 0.25) is 0 Å². The zero-order valence-corrected chi connectivity index (χ0v) is 17.0. The molecule has 1 aromatic heterocycles. The second-order valence-corrected chi connectivity index (χ2v) is 7.81. The van der Waals surface area contributed by atoms with Gasteiger partial charge in [-0.15, -0.1) is 0 Å². The van der Waals surface area contributed by atoms with Crippen molar-refractivity contribution >= 4 is 17.4 Å². The van der Waals surface area contributed by atoms with Gasteiger partial charge >= 0.3 is 0 Å². The van der Waals surface area contributed by atoms with Crippen LogP contribution in [0.15, 0.2) is 54.5 Å². The van der Waals surface area contributed by atoms with Crippen LogP contribution in [-0.4, -0.2) is 51.9 Å². The number of benzene rings is 1. The summed E-state index contributed by atoms with van der Waals surface area (Å²) < 4.78 is 5.83. The van der Waals surface area contributed by atoms with E-state index in [1.807, 2.05) is 56.0 Å². The first-order valence-electron chi connectivity index (χ1n) is 9.91. The molecule has 1 aromatic carbocycles. The highest BCUT2D eigenvalue weighted by atomic mass is 16.5. The number of aryl methyl sites for hydroxylation is 1. The van der Waals surface area contributed by atoms with Crippen LogP contribution in [0.2, 0.25) is 0 Å². The number of imide groups is 1. The van der Waals surface area contributed by atoms with E-state index in [0.717, 1.165) is 16.7 Å². The number of aromatic nitrogens is 1. The lowest BCUT2D eigenvalue weighted by atomic mass is 10.0. The monoisotopic (exact) mass is 391 g/mol. The Hall–Kier alpha value is -2.99. The van der Waals surface area contributed by atoms with Gasteiger partial charge in [0.15, 0.2) is 0 Å². The molecule has 2 atom stereocenters. The third-order valence-corrected chi connectivity index (χ3v) is 5.28. The van der Waals surface area contributed by atoms with Crippen LogP contribution in [0, 0.1) is 6.92 Å². The summed E-state index contributed by atoms with van der Waals surface area (Å²) in [5.74, 6) is -0.514. The van der Waals surface area contributed by atoms with Gasteiger partial charge in [0.25, 0.3) is 11.8 Å². The largest absolute Gasteiger partial charge is 0.372 e. The molecule has 2 amide bonds. The molecule has 150 valence electrons. The van der Waals surface area contributed by atoms with Crippen molar-refractivity contribution in [1.29, 1.82) is 0 Å². The Morgan fingerprint density at radius 3 is 2.34 bits per heavy atom. The van der Waals surface area contributed by atoms with E-state index in [9.17, 15) is 9.59 Å². The minimum atomic E-state index is -0.260. The van der Waals surface area contributed by atoms with Gasteiger partial charge in [-0.25, -0.2) is 0 Å². The molecule has 0 saturated carbocycles. The number of hydrogen-bond donors (Lipinski definition) is 0. The van der Waals surface area contributed by atoms with Crippen LogP contribution < -0.4 is 0 Å². The number of ether oxygens (including phenoxy) is 1. The standard InChI is InChI=1S/C23H25N3O3/c1-15-6-8-19(9-7-15)20-21(25-12-16(2)29-17(3)13-25)23(28)26(22(20)27)14-18-5-4-10-24-11-18/h4-11,16-17H,12-14H2,1-3H3. The molecule has 1 saturated heterocycles. The van der Waals surface area contributed by atoms with Gasteiger partial charge in [-0.2, -0.15) is 0 Å². The molecule has 6 heteroatoms. The molecule has 29 heavy (non-hydrogen) atoms. The Balaban J connectivity index is 1.75. The van der Waals surface area contributed by atoms with Crippen molar-refractivity contribution in [3.63, 3.8) is 0 Å². The van der Waals surface area contributed by atoms with Gasteiger partial charge in [0.05, 0.1) is 24.3 Å². The molecular weight excluding hydrogens is 366 g/mol. The first-order chi connectivity index (χ1) is 13.9. The molecule has 0 aliphatic carbocycles. The molecule has 2 unspecified atom stereocenters. The molecule has 2 aromatic rings. The zero-order valence-electron chi connectivity index (χ0n) is 17.0. The average molecular weight is 391 g/mol. The molecule has 4 rings (SSSR count). The van der Waals surface area contributed by atoms with E-state index in [0.29, 0.717) is 24.4 Å². The van der Waals surface area contributed by atoms with Crippen LogP contribution >= 0.6 is 0 Å². The van der Waals surface area contributed by atoms with E-state index in [1.54, 1.807) is 18.5 Å². The second kappa shape index (κ2) is 7.79. The smallest absolute Gasteiger partial charge is 0.278 e. The van der Waals surface area contributed by atoms with Crippen LogP contribution in [0.3, 0.4) is 0 Å². The molecule has 2 aliphatic heterocycles. The summed E-state index contributed by atoms with van der Waals surface area (Å²) in [7, 11) is 0. The Bertz CT molecular complexity index is 943. The van der Waals surface area contributed by atoms with E-state index in [-0.39, 0.29) is 30.6 Å².